The van der Waals surface area contributed by atoms with Crippen molar-refractivity contribution in [1.29, 1.82) is 0 Å². The van der Waals surface area contributed by atoms with Gasteiger partial charge in [0, 0.05) is 0 Å². The second-order valence-electron chi connectivity index (χ2n) is 4.20. The minimum Gasteiger partial charge on any atom is -0.482 e. The Hall–Kier alpha value is -1.59. The molecule has 2 heterocycles. The van der Waals surface area contributed by atoms with E-state index in [9.17, 15) is 4.79 Å². The molecule has 0 aromatic heterocycles. The van der Waals surface area contributed by atoms with Gasteiger partial charge >= 0.3 is 0 Å². The number of fused-ring (bicyclic) bond motifs is 1. The minimum atomic E-state index is -0.419. The predicted molar refractivity (Wildman–Crippen MR) is 57.3 cm³/mol. The highest BCUT2D eigenvalue weighted by Gasteiger charge is 2.36. The van der Waals surface area contributed by atoms with Crippen molar-refractivity contribution < 1.29 is 14.3 Å². The number of ether oxygens (including phenoxy) is 2. The van der Waals surface area contributed by atoms with Crippen molar-refractivity contribution in [2.45, 2.75) is 5.54 Å². The van der Waals surface area contributed by atoms with Gasteiger partial charge in [0.15, 0.2) is 6.61 Å². The van der Waals surface area contributed by atoms with Gasteiger partial charge in [0.2, 0.25) is 0 Å². The number of carbonyl (C=O) groups excluding carboxylic acids is 1. The fraction of sp³-hybridized carbons (Fsp3) is 0.364. The van der Waals surface area contributed by atoms with Gasteiger partial charge in [-0.3, -0.25) is 4.79 Å². The lowest BCUT2D eigenvalue weighted by atomic mass is 9.89. The molecule has 3 rings (SSSR count). The van der Waals surface area contributed by atoms with Crippen molar-refractivity contribution in [3.63, 3.8) is 0 Å². The van der Waals surface area contributed by atoms with Crippen LogP contribution >= 0.6 is 0 Å². The molecule has 84 valence electrons. The molecule has 5 heteroatoms. The molecule has 0 atom stereocenters. The smallest absolute Gasteiger partial charge is 0.262 e. The Balaban J connectivity index is 1.98. The van der Waals surface area contributed by atoms with Crippen molar-refractivity contribution in [2.75, 3.05) is 25.1 Å². The van der Waals surface area contributed by atoms with Gasteiger partial charge in [-0.2, -0.15) is 0 Å². The summed E-state index contributed by atoms with van der Waals surface area (Å²) >= 11 is 0. The zero-order valence-electron chi connectivity index (χ0n) is 8.66. The quantitative estimate of drug-likeness (QED) is 0.709. The van der Waals surface area contributed by atoms with E-state index >= 15 is 0 Å². The minimum absolute atomic E-state index is 0.0726. The van der Waals surface area contributed by atoms with Crippen LogP contribution < -0.4 is 15.8 Å². The zero-order valence-corrected chi connectivity index (χ0v) is 8.66. The molecule has 3 N–H and O–H groups in total. The number of anilines is 1. The number of nitrogens with two attached hydrogens (primary N) is 1. The van der Waals surface area contributed by atoms with Crippen molar-refractivity contribution in [2.24, 2.45) is 5.73 Å². The standard InChI is InChI=1S/C11H12N2O3/c12-11(5-15-6-11)7-1-2-9-8(3-7)13-10(14)4-16-9/h1-3H,4-6,12H2,(H,13,14). The van der Waals surface area contributed by atoms with E-state index in [1.807, 2.05) is 18.2 Å². The Morgan fingerprint density at radius 2 is 2.19 bits per heavy atom. The van der Waals surface area contributed by atoms with Crippen LogP contribution in [0.1, 0.15) is 5.56 Å². The number of nitrogens with one attached hydrogen (secondary N) is 1. The summed E-state index contributed by atoms with van der Waals surface area (Å²) in [7, 11) is 0. The summed E-state index contributed by atoms with van der Waals surface area (Å²) in [5, 5.41) is 2.76. The van der Waals surface area contributed by atoms with Gasteiger partial charge in [0.1, 0.15) is 5.75 Å². The highest BCUT2D eigenvalue weighted by atomic mass is 16.5. The molecule has 0 unspecified atom stereocenters. The van der Waals surface area contributed by atoms with Crippen LogP contribution in [0.4, 0.5) is 5.69 Å². The molecule has 0 saturated carbocycles. The Morgan fingerprint density at radius 3 is 2.88 bits per heavy atom. The van der Waals surface area contributed by atoms with Crippen molar-refractivity contribution in [3.8, 4) is 5.75 Å². The highest BCUT2D eigenvalue weighted by molar-refractivity contribution is 5.95. The Bertz CT molecular complexity index is 455. The van der Waals surface area contributed by atoms with Gasteiger partial charge in [-0.25, -0.2) is 0 Å². The Labute approximate surface area is 92.5 Å². The van der Waals surface area contributed by atoms with Crippen LogP contribution in [-0.2, 0) is 15.1 Å². The van der Waals surface area contributed by atoms with Crippen LogP contribution in [0, 0.1) is 0 Å². The molecule has 1 saturated heterocycles. The first-order valence-electron chi connectivity index (χ1n) is 5.11. The molecule has 1 aromatic rings. The fourth-order valence-electron chi connectivity index (χ4n) is 1.88. The van der Waals surface area contributed by atoms with E-state index in [1.165, 1.54) is 0 Å². The average molecular weight is 220 g/mol. The first-order valence-corrected chi connectivity index (χ1v) is 5.11. The monoisotopic (exact) mass is 220 g/mol. The fourth-order valence-corrected chi connectivity index (χ4v) is 1.88. The van der Waals surface area contributed by atoms with Crippen LogP contribution in [0.2, 0.25) is 0 Å². The maximum absolute atomic E-state index is 11.2. The summed E-state index contributed by atoms with van der Waals surface area (Å²) in [6.45, 7) is 1.10. The van der Waals surface area contributed by atoms with E-state index in [2.05, 4.69) is 5.32 Å². The number of amides is 1. The van der Waals surface area contributed by atoms with E-state index in [0.717, 1.165) is 5.56 Å². The molecule has 0 aliphatic carbocycles. The summed E-state index contributed by atoms with van der Waals surface area (Å²) in [4.78, 5) is 11.2. The third-order valence-corrected chi connectivity index (χ3v) is 2.91. The molecule has 0 radical (unpaired) electrons. The van der Waals surface area contributed by atoms with E-state index < -0.39 is 5.54 Å². The normalized spacial score (nSPS) is 21.4. The second kappa shape index (κ2) is 3.20. The molecule has 2 aliphatic rings. The topological polar surface area (TPSA) is 73.6 Å². The second-order valence-corrected chi connectivity index (χ2v) is 4.20. The van der Waals surface area contributed by atoms with Crippen molar-refractivity contribution in [3.05, 3.63) is 23.8 Å². The third kappa shape index (κ3) is 1.36. The molecule has 2 aliphatic heterocycles. The summed E-state index contributed by atoms with van der Waals surface area (Å²) in [5.74, 6) is 0.549. The maximum atomic E-state index is 11.2. The molecule has 1 fully saturated rings. The van der Waals surface area contributed by atoms with Crippen LogP contribution in [0.3, 0.4) is 0 Å². The molecule has 1 aromatic carbocycles. The molecular formula is C11H12N2O3. The maximum Gasteiger partial charge on any atom is 0.262 e. The zero-order chi connectivity index (χ0) is 11.2. The van der Waals surface area contributed by atoms with E-state index in [0.29, 0.717) is 24.7 Å². The summed E-state index contributed by atoms with van der Waals surface area (Å²) in [6.07, 6.45) is 0. The summed E-state index contributed by atoms with van der Waals surface area (Å²) < 4.78 is 10.4. The molecule has 0 spiro atoms. The van der Waals surface area contributed by atoms with Crippen LogP contribution in [0.5, 0.6) is 5.75 Å². The van der Waals surface area contributed by atoms with E-state index in [4.69, 9.17) is 15.2 Å². The Kier molecular flexibility index (Phi) is 1.92. The van der Waals surface area contributed by atoms with Crippen LogP contribution in [-0.4, -0.2) is 25.7 Å². The van der Waals surface area contributed by atoms with Gasteiger partial charge < -0.3 is 20.5 Å². The van der Waals surface area contributed by atoms with Gasteiger partial charge in [-0.05, 0) is 17.7 Å². The largest absolute Gasteiger partial charge is 0.482 e. The van der Waals surface area contributed by atoms with E-state index in [1.54, 1.807) is 0 Å². The van der Waals surface area contributed by atoms with E-state index in [-0.39, 0.29) is 12.5 Å². The lowest BCUT2D eigenvalue weighted by Crippen LogP contribution is -2.54. The van der Waals surface area contributed by atoms with Crippen molar-refractivity contribution in [1.82, 2.24) is 0 Å². The average Bonchev–Trinajstić information content (AvgIpc) is 2.25. The number of hydrogen-bond donors (Lipinski definition) is 2. The van der Waals surface area contributed by atoms with Gasteiger partial charge in [0.25, 0.3) is 5.91 Å². The lowest BCUT2D eigenvalue weighted by Gasteiger charge is -2.38. The number of rotatable bonds is 1. The first-order chi connectivity index (χ1) is 7.67. The van der Waals surface area contributed by atoms with Crippen LogP contribution in [0.25, 0.3) is 0 Å². The van der Waals surface area contributed by atoms with Crippen molar-refractivity contribution >= 4 is 11.6 Å². The molecular weight excluding hydrogens is 208 g/mol. The molecule has 1 amide bonds. The number of benzene rings is 1. The molecule has 0 bridgehead atoms. The van der Waals surface area contributed by atoms with Crippen LogP contribution in [0.15, 0.2) is 18.2 Å². The highest BCUT2D eigenvalue weighted by Crippen LogP contribution is 2.34. The molecule has 16 heavy (non-hydrogen) atoms. The Morgan fingerprint density at radius 1 is 1.38 bits per heavy atom. The summed E-state index contributed by atoms with van der Waals surface area (Å²) in [5.41, 5.74) is 7.34. The lowest BCUT2D eigenvalue weighted by molar-refractivity contribution is -0.118. The molecule has 5 nitrogen and oxygen atoms in total. The summed E-state index contributed by atoms with van der Waals surface area (Å²) in [6, 6.07) is 5.60. The number of carbonyl (C=O) groups is 1. The van der Waals surface area contributed by atoms with Gasteiger partial charge in [0.05, 0.1) is 24.4 Å². The van der Waals surface area contributed by atoms with Gasteiger partial charge in [-0.1, -0.05) is 6.07 Å². The predicted octanol–water partition coefficient (Wildman–Crippen LogP) is 0.202. The third-order valence-electron chi connectivity index (χ3n) is 2.91. The number of hydrogen-bond acceptors (Lipinski definition) is 4. The SMILES string of the molecule is NC1(c2ccc3c(c2)NC(=O)CO3)COC1. The first kappa shape index (κ1) is 9.62. The van der Waals surface area contributed by atoms with Gasteiger partial charge in [-0.15, -0.1) is 0 Å².